The molecule has 3 atom stereocenters. The Balaban J connectivity index is 4.94. The van der Waals surface area contributed by atoms with Crippen molar-refractivity contribution in [1.82, 2.24) is 10.6 Å². The first-order chi connectivity index (χ1) is 9.24. The van der Waals surface area contributed by atoms with Gasteiger partial charge in [0.05, 0.1) is 6.54 Å². The molecular formula is C13H25N3O4. The highest BCUT2D eigenvalue weighted by molar-refractivity contribution is 5.91. The Labute approximate surface area is 119 Å². The zero-order valence-electron chi connectivity index (χ0n) is 12.5. The van der Waals surface area contributed by atoms with Crippen LogP contribution in [-0.2, 0) is 14.4 Å². The lowest BCUT2D eigenvalue weighted by atomic mass is 9.96. The molecule has 7 nitrogen and oxygen atoms in total. The van der Waals surface area contributed by atoms with Gasteiger partial charge < -0.3 is 21.5 Å². The van der Waals surface area contributed by atoms with E-state index in [1.165, 1.54) is 0 Å². The summed E-state index contributed by atoms with van der Waals surface area (Å²) in [5, 5.41) is 14.1. The zero-order valence-corrected chi connectivity index (χ0v) is 12.5. The molecule has 0 aromatic carbocycles. The predicted octanol–water partition coefficient (Wildman–Crippen LogP) is -0.299. The molecule has 0 bridgehead atoms. The highest BCUT2D eigenvalue weighted by Crippen LogP contribution is 2.10. The second-order valence-electron chi connectivity index (χ2n) is 5.20. The number of nitrogens with two attached hydrogens (primary N) is 1. The van der Waals surface area contributed by atoms with Crippen molar-refractivity contribution in [3.05, 3.63) is 0 Å². The van der Waals surface area contributed by atoms with Crippen LogP contribution in [0.2, 0.25) is 0 Å². The van der Waals surface area contributed by atoms with Crippen molar-refractivity contribution in [2.24, 2.45) is 17.6 Å². The second-order valence-corrected chi connectivity index (χ2v) is 5.20. The number of carbonyl (C=O) groups excluding carboxylic acids is 2. The van der Waals surface area contributed by atoms with Gasteiger partial charge in [-0.3, -0.25) is 9.59 Å². The first-order valence-corrected chi connectivity index (χ1v) is 6.77. The topological polar surface area (TPSA) is 122 Å². The van der Waals surface area contributed by atoms with Gasteiger partial charge in [-0.1, -0.05) is 34.1 Å². The van der Waals surface area contributed by atoms with Crippen LogP contribution in [0.4, 0.5) is 0 Å². The number of hydrogen-bond acceptors (Lipinski definition) is 4. The molecule has 0 aliphatic heterocycles. The molecule has 5 N–H and O–H groups in total. The fourth-order valence-electron chi connectivity index (χ4n) is 1.69. The summed E-state index contributed by atoms with van der Waals surface area (Å²) < 4.78 is 0. The van der Waals surface area contributed by atoms with Gasteiger partial charge in [0.25, 0.3) is 0 Å². The SMILES string of the molecule is CCC(C)C(NC(=O)CN)C(=O)NC(C(=O)O)C(C)C. The molecule has 0 spiro atoms. The molecule has 0 aliphatic carbocycles. The second kappa shape index (κ2) is 8.52. The normalized spacial score (nSPS) is 15.3. The fraction of sp³-hybridized carbons (Fsp3) is 0.769. The first-order valence-electron chi connectivity index (χ1n) is 6.77. The molecule has 0 aromatic heterocycles. The van der Waals surface area contributed by atoms with Gasteiger partial charge in [0, 0.05) is 0 Å². The largest absolute Gasteiger partial charge is 0.480 e. The first kappa shape index (κ1) is 18.4. The van der Waals surface area contributed by atoms with Crippen LogP contribution in [-0.4, -0.2) is 41.5 Å². The van der Waals surface area contributed by atoms with Crippen LogP contribution in [0.15, 0.2) is 0 Å². The van der Waals surface area contributed by atoms with E-state index in [1.807, 2.05) is 13.8 Å². The molecule has 0 fully saturated rings. The lowest BCUT2D eigenvalue weighted by Gasteiger charge is -2.26. The Morgan fingerprint density at radius 2 is 1.65 bits per heavy atom. The van der Waals surface area contributed by atoms with Crippen molar-refractivity contribution in [2.45, 2.75) is 46.2 Å². The zero-order chi connectivity index (χ0) is 15.9. The van der Waals surface area contributed by atoms with E-state index in [1.54, 1.807) is 13.8 Å². The van der Waals surface area contributed by atoms with Gasteiger partial charge in [-0.15, -0.1) is 0 Å². The maximum Gasteiger partial charge on any atom is 0.326 e. The van der Waals surface area contributed by atoms with Crippen molar-refractivity contribution in [3.63, 3.8) is 0 Å². The fourth-order valence-corrected chi connectivity index (χ4v) is 1.69. The van der Waals surface area contributed by atoms with Crippen molar-refractivity contribution < 1.29 is 19.5 Å². The van der Waals surface area contributed by atoms with E-state index in [0.29, 0.717) is 6.42 Å². The van der Waals surface area contributed by atoms with Crippen LogP contribution in [0, 0.1) is 11.8 Å². The third kappa shape index (κ3) is 5.56. The number of carbonyl (C=O) groups is 3. The molecular weight excluding hydrogens is 262 g/mol. The van der Waals surface area contributed by atoms with E-state index in [0.717, 1.165) is 0 Å². The highest BCUT2D eigenvalue weighted by atomic mass is 16.4. The monoisotopic (exact) mass is 287 g/mol. The summed E-state index contributed by atoms with van der Waals surface area (Å²) in [5.74, 6) is -2.41. The number of carboxylic acid groups (broad SMARTS) is 1. The molecule has 0 aliphatic rings. The smallest absolute Gasteiger partial charge is 0.326 e. The molecule has 0 aromatic rings. The van der Waals surface area contributed by atoms with E-state index < -0.39 is 29.9 Å². The summed E-state index contributed by atoms with van der Waals surface area (Å²) in [5.41, 5.74) is 5.22. The standard InChI is InChI=1S/C13H25N3O4/c1-5-8(4)11(15-9(17)6-14)12(18)16-10(7(2)3)13(19)20/h7-8,10-11H,5-6,14H2,1-4H3,(H,15,17)(H,16,18)(H,19,20). The molecule has 0 radical (unpaired) electrons. The van der Waals surface area contributed by atoms with E-state index >= 15 is 0 Å². The summed E-state index contributed by atoms with van der Waals surface area (Å²) in [4.78, 5) is 34.6. The number of amides is 2. The lowest BCUT2D eigenvalue weighted by Crippen LogP contribution is -2.56. The number of nitrogens with one attached hydrogen (secondary N) is 2. The van der Waals surface area contributed by atoms with Gasteiger partial charge in [-0.25, -0.2) is 4.79 Å². The molecule has 0 rings (SSSR count). The average Bonchev–Trinajstić information content (AvgIpc) is 2.39. The van der Waals surface area contributed by atoms with Crippen LogP contribution < -0.4 is 16.4 Å². The summed E-state index contributed by atoms with van der Waals surface area (Å²) >= 11 is 0. The lowest BCUT2D eigenvalue weighted by molar-refractivity contribution is -0.143. The quantitative estimate of drug-likeness (QED) is 0.488. The van der Waals surface area contributed by atoms with Crippen LogP contribution >= 0.6 is 0 Å². The number of carboxylic acids is 1. The highest BCUT2D eigenvalue weighted by Gasteiger charge is 2.30. The molecule has 20 heavy (non-hydrogen) atoms. The predicted molar refractivity (Wildman–Crippen MR) is 74.8 cm³/mol. The minimum atomic E-state index is -1.10. The summed E-state index contributed by atoms with van der Waals surface area (Å²) in [6.07, 6.45) is 0.669. The van der Waals surface area contributed by atoms with Crippen molar-refractivity contribution in [1.29, 1.82) is 0 Å². The van der Waals surface area contributed by atoms with Gasteiger partial charge in [-0.2, -0.15) is 0 Å². The van der Waals surface area contributed by atoms with Gasteiger partial charge in [0.2, 0.25) is 11.8 Å². The van der Waals surface area contributed by atoms with Gasteiger partial charge in [0.1, 0.15) is 12.1 Å². The van der Waals surface area contributed by atoms with Crippen LogP contribution in [0.5, 0.6) is 0 Å². The van der Waals surface area contributed by atoms with Gasteiger partial charge >= 0.3 is 5.97 Å². The molecule has 2 amide bonds. The van der Waals surface area contributed by atoms with Gasteiger partial charge in [0.15, 0.2) is 0 Å². The Bertz CT molecular complexity index is 358. The third-order valence-corrected chi connectivity index (χ3v) is 3.23. The van der Waals surface area contributed by atoms with E-state index in [9.17, 15) is 14.4 Å². The van der Waals surface area contributed by atoms with E-state index in [2.05, 4.69) is 10.6 Å². The summed E-state index contributed by atoms with van der Waals surface area (Å²) in [6.45, 7) is 6.89. The molecule has 0 saturated heterocycles. The van der Waals surface area contributed by atoms with Crippen molar-refractivity contribution >= 4 is 17.8 Å². The van der Waals surface area contributed by atoms with Crippen molar-refractivity contribution in [2.75, 3.05) is 6.54 Å². The Morgan fingerprint density at radius 1 is 1.10 bits per heavy atom. The maximum absolute atomic E-state index is 12.2. The summed E-state index contributed by atoms with van der Waals surface area (Å²) in [6, 6.07) is -1.76. The molecule has 0 heterocycles. The summed E-state index contributed by atoms with van der Waals surface area (Å²) in [7, 11) is 0. The average molecular weight is 287 g/mol. The van der Waals surface area contributed by atoms with Gasteiger partial charge in [-0.05, 0) is 11.8 Å². The van der Waals surface area contributed by atoms with Crippen LogP contribution in [0.25, 0.3) is 0 Å². The Hall–Kier alpha value is -1.63. The molecule has 0 saturated carbocycles. The number of hydrogen-bond donors (Lipinski definition) is 4. The van der Waals surface area contributed by atoms with E-state index in [4.69, 9.17) is 10.8 Å². The van der Waals surface area contributed by atoms with Crippen LogP contribution in [0.3, 0.4) is 0 Å². The number of aliphatic carboxylic acids is 1. The Morgan fingerprint density at radius 3 is 2.00 bits per heavy atom. The number of rotatable bonds is 8. The van der Waals surface area contributed by atoms with E-state index in [-0.39, 0.29) is 18.4 Å². The maximum atomic E-state index is 12.2. The van der Waals surface area contributed by atoms with Crippen LogP contribution in [0.1, 0.15) is 34.1 Å². The van der Waals surface area contributed by atoms with Crippen molar-refractivity contribution in [3.8, 4) is 0 Å². The molecule has 3 unspecified atom stereocenters. The Kier molecular flexibility index (Phi) is 7.83. The minimum absolute atomic E-state index is 0.118. The third-order valence-electron chi connectivity index (χ3n) is 3.23. The molecule has 7 heteroatoms. The molecule has 116 valence electrons. The minimum Gasteiger partial charge on any atom is -0.480 e.